The summed E-state index contributed by atoms with van der Waals surface area (Å²) in [6, 6.07) is 0. The number of allylic oxidation sites excluding steroid dienone is 1. The highest BCUT2D eigenvalue weighted by Crippen LogP contribution is 2.74. The monoisotopic (exact) mass is 474 g/mol. The van der Waals surface area contributed by atoms with Crippen LogP contribution in [0.4, 0.5) is 0 Å². The summed E-state index contributed by atoms with van der Waals surface area (Å²) < 4.78 is 0. The second-order valence-corrected chi connectivity index (χ2v) is 14.0. The number of carboxylic acids is 1. The van der Waals surface area contributed by atoms with Crippen molar-refractivity contribution in [3.8, 4) is 0 Å². The van der Waals surface area contributed by atoms with E-state index in [1.807, 2.05) is 0 Å². The Morgan fingerprint density at radius 2 is 1.62 bits per heavy atom. The lowest BCUT2D eigenvalue weighted by Crippen LogP contribution is -2.61. The molecule has 0 aliphatic heterocycles. The summed E-state index contributed by atoms with van der Waals surface area (Å²) in [5.74, 6) is 2.42. The zero-order valence-corrected chi connectivity index (χ0v) is 22.6. The zero-order chi connectivity index (χ0) is 25.1. The van der Waals surface area contributed by atoms with Crippen LogP contribution in [-0.4, -0.2) is 34.0 Å². The molecule has 4 nitrogen and oxygen atoms in total. The van der Waals surface area contributed by atoms with Crippen LogP contribution < -0.4 is 0 Å². The van der Waals surface area contributed by atoms with E-state index in [4.69, 9.17) is 0 Å². The van der Waals surface area contributed by atoms with Gasteiger partial charge in [0.1, 0.15) is 0 Å². The smallest absolute Gasteiger partial charge is 0.333 e. The molecule has 34 heavy (non-hydrogen) atoms. The first-order valence-electron chi connectivity index (χ1n) is 14.0. The van der Waals surface area contributed by atoms with Gasteiger partial charge < -0.3 is 15.3 Å². The van der Waals surface area contributed by atoms with Crippen LogP contribution in [-0.2, 0) is 4.79 Å². The quantitative estimate of drug-likeness (QED) is 0.386. The van der Waals surface area contributed by atoms with Crippen molar-refractivity contribution in [1.82, 2.24) is 0 Å². The van der Waals surface area contributed by atoms with Gasteiger partial charge in [0.15, 0.2) is 0 Å². The molecule has 4 aliphatic carbocycles. The Labute approximate surface area is 207 Å². The second-order valence-electron chi connectivity index (χ2n) is 14.0. The fraction of sp³-hybridized carbons (Fsp3) is 0.900. The predicted octanol–water partition coefficient (Wildman–Crippen LogP) is 6.45. The largest absolute Gasteiger partial charge is 0.478 e. The maximum atomic E-state index is 11.2. The van der Waals surface area contributed by atoms with Gasteiger partial charge in [0, 0.05) is 0 Å². The number of hydrogen-bond donors (Lipinski definition) is 3. The molecule has 4 saturated carbocycles. The Bertz CT molecular complexity index is 817. The van der Waals surface area contributed by atoms with Gasteiger partial charge in [0.2, 0.25) is 0 Å². The van der Waals surface area contributed by atoms with Crippen LogP contribution in [0.5, 0.6) is 0 Å². The minimum Gasteiger partial charge on any atom is -0.478 e. The molecule has 3 N–H and O–H groups in total. The first-order valence-corrected chi connectivity index (χ1v) is 14.0. The topological polar surface area (TPSA) is 77.8 Å². The molecule has 0 aromatic heterocycles. The molecule has 194 valence electrons. The standard InChI is InChI=1S/C30H50O4/c1-19(8-7-9-20(18-31)26(33)34)21-12-16-30(6)23-10-11-24-27(2,3)25(32)14-15-28(24,4)22(23)13-17-29(21,30)5/h9,19,21-25,31-32H,7-8,10-18H2,1-6H3,(H,33,34)/b20-9+/t19-,21+,22-,23+,24+,25+,28-,29-,30-/m1/s1. The van der Waals surface area contributed by atoms with Gasteiger partial charge in [-0.05, 0) is 115 Å². The van der Waals surface area contributed by atoms with E-state index in [0.29, 0.717) is 34.0 Å². The van der Waals surface area contributed by atoms with E-state index in [9.17, 15) is 20.1 Å². The van der Waals surface area contributed by atoms with Crippen molar-refractivity contribution in [2.24, 2.45) is 51.2 Å². The van der Waals surface area contributed by atoms with Gasteiger partial charge in [-0.15, -0.1) is 0 Å². The molecule has 4 rings (SSSR count). The van der Waals surface area contributed by atoms with Crippen molar-refractivity contribution >= 4 is 5.97 Å². The highest BCUT2D eigenvalue weighted by atomic mass is 16.4. The number of carbonyl (C=O) groups is 1. The maximum absolute atomic E-state index is 11.2. The van der Waals surface area contributed by atoms with Crippen molar-refractivity contribution in [2.75, 3.05) is 6.61 Å². The summed E-state index contributed by atoms with van der Waals surface area (Å²) in [7, 11) is 0. The van der Waals surface area contributed by atoms with Gasteiger partial charge in [-0.1, -0.05) is 47.6 Å². The van der Waals surface area contributed by atoms with Gasteiger partial charge >= 0.3 is 5.97 Å². The fourth-order valence-corrected chi connectivity index (χ4v) is 10.4. The molecule has 4 fully saturated rings. The van der Waals surface area contributed by atoms with E-state index in [-0.39, 0.29) is 23.7 Å². The molecule has 0 amide bonds. The summed E-state index contributed by atoms with van der Waals surface area (Å²) in [6.45, 7) is 14.4. The summed E-state index contributed by atoms with van der Waals surface area (Å²) in [6.07, 6.45) is 13.2. The molecule has 0 heterocycles. The van der Waals surface area contributed by atoms with Crippen molar-refractivity contribution in [3.05, 3.63) is 11.6 Å². The molecule has 4 heteroatoms. The van der Waals surface area contributed by atoms with Crippen LogP contribution in [0.15, 0.2) is 11.6 Å². The number of carboxylic acid groups (broad SMARTS) is 1. The Hall–Kier alpha value is -0.870. The molecule has 0 saturated heterocycles. The lowest BCUT2D eigenvalue weighted by molar-refractivity contribution is -0.200. The summed E-state index contributed by atoms with van der Waals surface area (Å²) in [5, 5.41) is 29.3. The number of hydrogen-bond acceptors (Lipinski definition) is 3. The maximum Gasteiger partial charge on any atom is 0.333 e. The number of fused-ring (bicyclic) bond motifs is 5. The van der Waals surface area contributed by atoms with E-state index in [2.05, 4.69) is 41.5 Å². The van der Waals surface area contributed by atoms with Gasteiger partial charge in [0.25, 0.3) is 0 Å². The first kappa shape index (κ1) is 26.2. The molecule has 0 aromatic rings. The molecule has 4 aliphatic rings. The lowest BCUT2D eigenvalue weighted by Gasteiger charge is -2.67. The Morgan fingerprint density at radius 3 is 2.26 bits per heavy atom. The van der Waals surface area contributed by atoms with Crippen LogP contribution >= 0.6 is 0 Å². The van der Waals surface area contributed by atoms with Crippen LogP contribution in [0.2, 0.25) is 0 Å². The second kappa shape index (κ2) is 8.91. The Balaban J connectivity index is 1.53. The molecule has 0 radical (unpaired) electrons. The third-order valence-electron chi connectivity index (χ3n) is 12.6. The van der Waals surface area contributed by atoms with Gasteiger partial charge in [-0.3, -0.25) is 0 Å². The van der Waals surface area contributed by atoms with Crippen LogP contribution in [0.1, 0.15) is 106 Å². The molecule has 0 aromatic carbocycles. The number of rotatable bonds is 6. The molecule has 0 unspecified atom stereocenters. The number of aliphatic hydroxyl groups is 2. The Kier molecular flexibility index (Phi) is 6.86. The highest BCUT2D eigenvalue weighted by molar-refractivity contribution is 5.86. The van der Waals surface area contributed by atoms with Gasteiger partial charge in [-0.2, -0.15) is 0 Å². The molecule has 0 bridgehead atoms. The third kappa shape index (κ3) is 3.72. The fourth-order valence-electron chi connectivity index (χ4n) is 10.4. The minimum atomic E-state index is -1.00. The zero-order valence-electron chi connectivity index (χ0n) is 22.6. The normalized spacial score (nSPS) is 46.8. The first-order chi connectivity index (χ1) is 15.8. The van der Waals surface area contributed by atoms with Gasteiger partial charge in [-0.25, -0.2) is 4.79 Å². The van der Waals surface area contributed by atoms with E-state index < -0.39 is 5.97 Å². The molecule has 9 atom stereocenters. The summed E-state index contributed by atoms with van der Waals surface area (Å²) in [4.78, 5) is 11.2. The van der Waals surface area contributed by atoms with Gasteiger partial charge in [0.05, 0.1) is 18.3 Å². The van der Waals surface area contributed by atoms with Crippen molar-refractivity contribution in [3.63, 3.8) is 0 Å². The summed E-state index contributed by atoms with van der Waals surface area (Å²) in [5.41, 5.74) is 1.21. The Morgan fingerprint density at radius 1 is 0.941 bits per heavy atom. The average Bonchev–Trinajstić information content (AvgIpc) is 3.05. The predicted molar refractivity (Wildman–Crippen MR) is 136 cm³/mol. The van der Waals surface area contributed by atoms with Crippen molar-refractivity contribution in [1.29, 1.82) is 0 Å². The minimum absolute atomic E-state index is 0.0171. The molecule has 0 spiro atoms. The number of aliphatic carboxylic acids is 1. The summed E-state index contributed by atoms with van der Waals surface area (Å²) >= 11 is 0. The lowest BCUT2D eigenvalue weighted by atomic mass is 9.38. The number of aliphatic hydroxyl groups excluding tert-OH is 2. The average molecular weight is 475 g/mol. The van der Waals surface area contributed by atoms with E-state index >= 15 is 0 Å². The van der Waals surface area contributed by atoms with E-state index in [0.717, 1.165) is 31.1 Å². The highest BCUT2D eigenvalue weighted by Gasteiger charge is 2.67. The molecular weight excluding hydrogens is 424 g/mol. The van der Waals surface area contributed by atoms with Crippen molar-refractivity contribution in [2.45, 2.75) is 112 Å². The molecular formula is C30H50O4. The van der Waals surface area contributed by atoms with Crippen LogP contribution in [0, 0.1) is 51.2 Å². The van der Waals surface area contributed by atoms with E-state index in [1.54, 1.807) is 6.08 Å². The van der Waals surface area contributed by atoms with Crippen LogP contribution in [0.3, 0.4) is 0 Å². The SMILES string of the molecule is C[C@H](CC/C=C(\CO)C(=O)O)[C@@H]1CC[C@]2(C)[C@H]3CC[C@H]4C(C)(C)[C@@H](O)CC[C@]4(C)[C@@H]3CC[C@]12C. The van der Waals surface area contributed by atoms with Crippen molar-refractivity contribution < 1.29 is 20.1 Å². The van der Waals surface area contributed by atoms with Crippen LogP contribution in [0.25, 0.3) is 0 Å². The third-order valence-corrected chi connectivity index (χ3v) is 12.6. The van der Waals surface area contributed by atoms with E-state index in [1.165, 1.54) is 44.9 Å².